The van der Waals surface area contributed by atoms with Crippen LogP contribution in [-0.4, -0.2) is 16.5 Å². The van der Waals surface area contributed by atoms with Gasteiger partial charge in [-0.1, -0.05) is 0 Å². The number of thiophene rings is 1. The first-order chi connectivity index (χ1) is 7.34. The summed E-state index contributed by atoms with van der Waals surface area (Å²) in [6.45, 7) is 0.752. The van der Waals surface area contributed by atoms with Crippen LogP contribution in [0.1, 0.15) is 5.56 Å². The molecule has 0 unspecified atom stereocenters. The van der Waals surface area contributed by atoms with E-state index in [4.69, 9.17) is 0 Å². The van der Waals surface area contributed by atoms with Crippen molar-refractivity contribution in [2.24, 2.45) is 0 Å². The quantitative estimate of drug-likeness (QED) is 0.864. The Labute approximate surface area is 91.0 Å². The molecule has 0 aliphatic rings. The molecule has 2 aromatic heterocycles. The molecule has 15 heavy (non-hydrogen) atoms. The molecule has 0 aliphatic heterocycles. The van der Waals surface area contributed by atoms with Crippen LogP contribution < -0.4 is 5.32 Å². The highest BCUT2D eigenvalue weighted by atomic mass is 32.1. The van der Waals surface area contributed by atoms with E-state index in [0.29, 0.717) is 5.95 Å². The van der Waals surface area contributed by atoms with Crippen LogP contribution >= 0.6 is 11.3 Å². The summed E-state index contributed by atoms with van der Waals surface area (Å²) in [5.41, 5.74) is 1.29. The molecular formula is C10H10FN3S. The Hall–Kier alpha value is -1.49. The van der Waals surface area contributed by atoms with Gasteiger partial charge in [0.15, 0.2) is 5.82 Å². The fourth-order valence-corrected chi connectivity index (χ4v) is 1.86. The van der Waals surface area contributed by atoms with E-state index in [0.717, 1.165) is 25.4 Å². The van der Waals surface area contributed by atoms with Crippen LogP contribution in [0.15, 0.2) is 29.2 Å². The second kappa shape index (κ2) is 4.84. The minimum absolute atomic E-state index is 0.418. The topological polar surface area (TPSA) is 37.8 Å². The molecule has 78 valence electrons. The standard InChI is InChI=1S/C10H10FN3S/c11-9-5-13-10(14-6-9)12-3-1-8-2-4-15-7-8/h2,4-7H,1,3H2,(H,12,13,14). The van der Waals surface area contributed by atoms with Crippen LogP contribution in [0.3, 0.4) is 0 Å². The number of nitrogens with one attached hydrogen (secondary N) is 1. The lowest BCUT2D eigenvalue weighted by atomic mass is 10.2. The highest BCUT2D eigenvalue weighted by Crippen LogP contribution is 2.06. The van der Waals surface area contributed by atoms with E-state index in [2.05, 4.69) is 26.7 Å². The normalized spacial score (nSPS) is 10.2. The monoisotopic (exact) mass is 223 g/mol. The third-order valence-electron chi connectivity index (χ3n) is 1.90. The van der Waals surface area contributed by atoms with Gasteiger partial charge in [0.2, 0.25) is 5.95 Å². The van der Waals surface area contributed by atoms with Crippen LogP contribution in [0.25, 0.3) is 0 Å². The summed E-state index contributed by atoms with van der Waals surface area (Å²) < 4.78 is 12.5. The minimum atomic E-state index is -0.418. The highest BCUT2D eigenvalue weighted by molar-refractivity contribution is 7.07. The molecule has 5 heteroatoms. The van der Waals surface area contributed by atoms with Gasteiger partial charge in [0.05, 0.1) is 12.4 Å². The third kappa shape index (κ3) is 2.99. The van der Waals surface area contributed by atoms with Gasteiger partial charge in [-0.2, -0.15) is 11.3 Å². The van der Waals surface area contributed by atoms with Gasteiger partial charge in [0, 0.05) is 6.54 Å². The number of halogens is 1. The number of anilines is 1. The second-order valence-electron chi connectivity index (χ2n) is 3.03. The van der Waals surface area contributed by atoms with E-state index >= 15 is 0 Å². The zero-order valence-electron chi connectivity index (χ0n) is 7.98. The van der Waals surface area contributed by atoms with Gasteiger partial charge < -0.3 is 5.32 Å². The van der Waals surface area contributed by atoms with Gasteiger partial charge >= 0.3 is 0 Å². The van der Waals surface area contributed by atoms with E-state index in [-0.39, 0.29) is 0 Å². The predicted molar refractivity (Wildman–Crippen MR) is 58.5 cm³/mol. The number of aromatic nitrogens is 2. The third-order valence-corrected chi connectivity index (χ3v) is 2.63. The lowest BCUT2D eigenvalue weighted by molar-refractivity contribution is 0.614. The molecule has 2 heterocycles. The van der Waals surface area contributed by atoms with Gasteiger partial charge in [-0.15, -0.1) is 0 Å². The van der Waals surface area contributed by atoms with Gasteiger partial charge in [-0.25, -0.2) is 14.4 Å². The van der Waals surface area contributed by atoms with Crippen molar-refractivity contribution in [3.8, 4) is 0 Å². The number of rotatable bonds is 4. The summed E-state index contributed by atoms with van der Waals surface area (Å²) >= 11 is 1.68. The van der Waals surface area contributed by atoms with Crippen LogP contribution in [0.4, 0.5) is 10.3 Å². The van der Waals surface area contributed by atoms with E-state index < -0.39 is 5.82 Å². The fraction of sp³-hybridized carbons (Fsp3) is 0.200. The molecule has 0 aliphatic carbocycles. The fourth-order valence-electron chi connectivity index (χ4n) is 1.16. The predicted octanol–water partition coefficient (Wildman–Crippen LogP) is 2.33. The Morgan fingerprint density at radius 3 is 2.80 bits per heavy atom. The van der Waals surface area contributed by atoms with Gasteiger partial charge in [-0.3, -0.25) is 0 Å². The van der Waals surface area contributed by atoms with E-state index in [1.807, 2.05) is 5.38 Å². The van der Waals surface area contributed by atoms with Gasteiger partial charge in [0.25, 0.3) is 0 Å². The summed E-state index contributed by atoms with van der Waals surface area (Å²) in [5.74, 6) is 0.0463. The Kier molecular flexibility index (Phi) is 3.24. The average Bonchev–Trinajstić information content (AvgIpc) is 2.74. The van der Waals surface area contributed by atoms with Crippen molar-refractivity contribution in [3.63, 3.8) is 0 Å². The molecule has 0 atom stereocenters. The second-order valence-corrected chi connectivity index (χ2v) is 3.81. The molecule has 0 radical (unpaired) electrons. The van der Waals surface area contributed by atoms with Crippen molar-refractivity contribution in [1.29, 1.82) is 0 Å². The maximum absolute atomic E-state index is 12.5. The Morgan fingerprint density at radius 2 is 2.13 bits per heavy atom. The molecule has 0 aromatic carbocycles. The number of nitrogens with zero attached hydrogens (tertiary/aromatic N) is 2. The van der Waals surface area contributed by atoms with Crippen LogP contribution in [0.5, 0.6) is 0 Å². The van der Waals surface area contributed by atoms with Crippen molar-refractivity contribution in [2.45, 2.75) is 6.42 Å². The number of hydrogen-bond acceptors (Lipinski definition) is 4. The molecule has 0 bridgehead atoms. The molecule has 0 fully saturated rings. The first-order valence-electron chi connectivity index (χ1n) is 4.57. The lowest BCUT2D eigenvalue weighted by Crippen LogP contribution is -2.07. The Morgan fingerprint density at radius 1 is 1.33 bits per heavy atom. The molecule has 0 saturated carbocycles. The van der Waals surface area contributed by atoms with Gasteiger partial charge in [-0.05, 0) is 28.8 Å². The molecule has 2 rings (SSSR count). The van der Waals surface area contributed by atoms with Crippen LogP contribution in [0, 0.1) is 5.82 Å². The smallest absolute Gasteiger partial charge is 0.222 e. The molecule has 0 saturated heterocycles. The minimum Gasteiger partial charge on any atom is -0.354 e. The summed E-state index contributed by atoms with van der Waals surface area (Å²) in [6, 6.07) is 2.08. The van der Waals surface area contributed by atoms with Crippen LogP contribution in [0.2, 0.25) is 0 Å². The molecular weight excluding hydrogens is 213 g/mol. The molecule has 1 N–H and O–H groups in total. The maximum atomic E-state index is 12.5. The van der Waals surface area contributed by atoms with Crippen molar-refractivity contribution < 1.29 is 4.39 Å². The lowest BCUT2D eigenvalue weighted by Gasteiger charge is -2.02. The zero-order chi connectivity index (χ0) is 10.5. The van der Waals surface area contributed by atoms with Crippen molar-refractivity contribution in [1.82, 2.24) is 9.97 Å². The largest absolute Gasteiger partial charge is 0.354 e. The van der Waals surface area contributed by atoms with E-state index in [9.17, 15) is 4.39 Å². The summed E-state index contributed by atoms with van der Waals surface area (Å²) in [4.78, 5) is 7.60. The molecule has 2 aromatic rings. The summed E-state index contributed by atoms with van der Waals surface area (Å²) in [6.07, 6.45) is 3.23. The molecule has 0 spiro atoms. The molecule has 0 amide bonds. The maximum Gasteiger partial charge on any atom is 0.222 e. The summed E-state index contributed by atoms with van der Waals surface area (Å²) in [7, 11) is 0. The first kappa shape index (κ1) is 10.0. The summed E-state index contributed by atoms with van der Waals surface area (Å²) in [5, 5.41) is 7.18. The Bertz CT molecular complexity index is 399. The van der Waals surface area contributed by atoms with Crippen molar-refractivity contribution in [2.75, 3.05) is 11.9 Å². The number of hydrogen-bond donors (Lipinski definition) is 1. The van der Waals surface area contributed by atoms with E-state index in [1.165, 1.54) is 5.56 Å². The van der Waals surface area contributed by atoms with Gasteiger partial charge in [0.1, 0.15) is 0 Å². The van der Waals surface area contributed by atoms with E-state index in [1.54, 1.807) is 11.3 Å². The molecule has 3 nitrogen and oxygen atoms in total. The first-order valence-corrected chi connectivity index (χ1v) is 5.51. The van der Waals surface area contributed by atoms with Crippen molar-refractivity contribution >= 4 is 17.3 Å². The SMILES string of the molecule is Fc1cnc(NCCc2ccsc2)nc1. The zero-order valence-corrected chi connectivity index (χ0v) is 8.80. The van der Waals surface area contributed by atoms with Crippen molar-refractivity contribution in [3.05, 3.63) is 40.6 Å². The highest BCUT2D eigenvalue weighted by Gasteiger charge is 1.96. The average molecular weight is 223 g/mol. The Balaban J connectivity index is 1.81. The van der Waals surface area contributed by atoms with Crippen LogP contribution in [-0.2, 0) is 6.42 Å².